The van der Waals surface area contributed by atoms with Gasteiger partial charge >= 0.3 is 11.4 Å². The van der Waals surface area contributed by atoms with Crippen LogP contribution in [0.4, 0.5) is 0 Å². The van der Waals surface area contributed by atoms with Gasteiger partial charge in [-0.25, -0.2) is 9.59 Å². The molecule has 0 amide bonds. The number of nitrogens with one attached hydrogen (secondary N) is 2. The highest BCUT2D eigenvalue weighted by atomic mass is 35.5. The van der Waals surface area contributed by atoms with Crippen molar-refractivity contribution in [2.45, 2.75) is 0 Å². The second kappa shape index (κ2) is 5.50. The van der Waals surface area contributed by atoms with E-state index in [9.17, 15) is 9.59 Å². The number of halogens is 1. The summed E-state index contributed by atoms with van der Waals surface area (Å²) in [6, 6.07) is 14.1. The third-order valence-corrected chi connectivity index (χ3v) is 3.96. The fourth-order valence-electron chi connectivity index (χ4n) is 2.53. The van der Waals surface area contributed by atoms with E-state index < -0.39 is 11.4 Å². The molecule has 0 aliphatic heterocycles. The Morgan fingerprint density at radius 1 is 1.00 bits per heavy atom. The van der Waals surface area contributed by atoms with Crippen LogP contribution in [0.5, 0.6) is 0 Å². The van der Waals surface area contributed by atoms with Gasteiger partial charge in [-0.3, -0.25) is 4.98 Å². The Hall–Kier alpha value is -3.12. The van der Waals surface area contributed by atoms with Gasteiger partial charge in [-0.05, 0) is 24.3 Å². The molecule has 0 aliphatic rings. The minimum Gasteiger partial charge on any atom is -0.408 e. The van der Waals surface area contributed by atoms with Crippen molar-refractivity contribution in [1.29, 1.82) is 0 Å². The molecule has 0 fully saturated rings. The summed E-state index contributed by atoms with van der Waals surface area (Å²) in [5, 5.41) is 0.525. The highest BCUT2D eigenvalue weighted by molar-refractivity contribution is 6.33. The van der Waals surface area contributed by atoms with E-state index in [4.69, 9.17) is 16.0 Å². The molecule has 24 heavy (non-hydrogen) atoms. The molecular formula is C17H10ClN3O3. The van der Waals surface area contributed by atoms with Crippen molar-refractivity contribution in [2.24, 2.45) is 0 Å². The van der Waals surface area contributed by atoms with Crippen LogP contribution in [0.2, 0.25) is 5.02 Å². The van der Waals surface area contributed by atoms with Gasteiger partial charge in [0.2, 0.25) is 0 Å². The van der Waals surface area contributed by atoms with Crippen LogP contribution in [-0.2, 0) is 0 Å². The number of aromatic amines is 2. The quantitative estimate of drug-likeness (QED) is 0.586. The van der Waals surface area contributed by atoms with Crippen LogP contribution in [0.1, 0.15) is 0 Å². The molecule has 4 aromatic rings. The van der Waals surface area contributed by atoms with Gasteiger partial charge < -0.3 is 9.40 Å². The van der Waals surface area contributed by atoms with Crippen molar-refractivity contribution in [2.75, 3.05) is 0 Å². The van der Waals surface area contributed by atoms with Gasteiger partial charge in [-0.1, -0.05) is 35.9 Å². The standard InChI is InChI=1S/C17H10ClN3O3/c18-11-4-2-1-3-10(11)14-8-13(19-16(22)20-14)9-5-6-12-15(7-9)24-17(23)21-12/h1-8H,(H,21,23)(H,19,20,22). The monoisotopic (exact) mass is 339 g/mol. The Morgan fingerprint density at radius 2 is 1.83 bits per heavy atom. The SMILES string of the molecule is O=c1nc(-c2ccc3[nH]c(=O)oc3c2)cc(-c2ccccc2Cl)[nH]1. The largest absolute Gasteiger partial charge is 0.417 e. The molecule has 2 aromatic heterocycles. The summed E-state index contributed by atoms with van der Waals surface area (Å²) in [5.41, 5.74) is 2.88. The molecule has 2 aromatic carbocycles. The molecule has 2 N–H and O–H groups in total. The minimum atomic E-state index is -0.530. The molecular weight excluding hydrogens is 330 g/mol. The molecule has 0 aliphatic carbocycles. The maximum atomic E-state index is 11.9. The van der Waals surface area contributed by atoms with Crippen molar-refractivity contribution in [3.05, 3.63) is 74.6 Å². The summed E-state index contributed by atoms with van der Waals surface area (Å²) in [5.74, 6) is -0.530. The number of oxazole rings is 1. The number of hydrogen-bond donors (Lipinski definition) is 2. The van der Waals surface area contributed by atoms with Crippen LogP contribution in [0.3, 0.4) is 0 Å². The fraction of sp³-hybridized carbons (Fsp3) is 0. The predicted molar refractivity (Wildman–Crippen MR) is 91.1 cm³/mol. The van der Waals surface area contributed by atoms with Crippen LogP contribution >= 0.6 is 11.6 Å². The average Bonchev–Trinajstić information content (AvgIpc) is 2.93. The first-order chi connectivity index (χ1) is 11.6. The molecule has 7 heteroatoms. The number of nitrogens with zero attached hydrogens (tertiary/aromatic N) is 1. The molecule has 0 unspecified atom stereocenters. The summed E-state index contributed by atoms with van der Waals surface area (Å²) in [7, 11) is 0. The Balaban J connectivity index is 1.90. The van der Waals surface area contributed by atoms with E-state index in [1.54, 1.807) is 30.3 Å². The van der Waals surface area contributed by atoms with Gasteiger partial charge in [-0.2, -0.15) is 4.98 Å². The lowest BCUT2D eigenvalue weighted by atomic mass is 10.1. The maximum Gasteiger partial charge on any atom is 0.417 e. The van der Waals surface area contributed by atoms with Crippen LogP contribution in [0.25, 0.3) is 33.6 Å². The molecule has 0 radical (unpaired) electrons. The minimum absolute atomic E-state index is 0.402. The molecule has 0 saturated heterocycles. The molecule has 4 rings (SSSR count). The van der Waals surface area contributed by atoms with Crippen molar-refractivity contribution < 1.29 is 4.42 Å². The number of aromatic nitrogens is 3. The molecule has 0 bridgehead atoms. The first-order valence-corrected chi connectivity index (χ1v) is 7.47. The Labute approximate surface area is 139 Å². The van der Waals surface area contributed by atoms with Crippen LogP contribution in [0, 0.1) is 0 Å². The topological polar surface area (TPSA) is 91.8 Å². The summed E-state index contributed by atoms with van der Waals surface area (Å²) >= 11 is 6.19. The highest BCUT2D eigenvalue weighted by Gasteiger charge is 2.10. The van der Waals surface area contributed by atoms with Gasteiger partial charge in [0, 0.05) is 16.1 Å². The van der Waals surface area contributed by atoms with E-state index in [0.29, 0.717) is 38.6 Å². The van der Waals surface area contributed by atoms with Gasteiger partial charge in [0.1, 0.15) is 0 Å². The normalized spacial score (nSPS) is 11.0. The second-order valence-corrected chi connectivity index (χ2v) is 5.60. The average molecular weight is 340 g/mol. The fourth-order valence-corrected chi connectivity index (χ4v) is 2.77. The number of hydrogen-bond acceptors (Lipinski definition) is 4. The summed E-state index contributed by atoms with van der Waals surface area (Å²) in [6.45, 7) is 0. The lowest BCUT2D eigenvalue weighted by molar-refractivity contribution is 0.555. The molecule has 0 spiro atoms. The predicted octanol–water partition coefficient (Wildman–Crippen LogP) is 3.19. The third-order valence-electron chi connectivity index (χ3n) is 3.63. The molecule has 6 nitrogen and oxygen atoms in total. The zero-order chi connectivity index (χ0) is 16.7. The molecule has 0 atom stereocenters. The Morgan fingerprint density at radius 3 is 2.67 bits per heavy atom. The highest BCUT2D eigenvalue weighted by Crippen LogP contribution is 2.28. The van der Waals surface area contributed by atoms with Gasteiger partial charge in [0.15, 0.2) is 5.58 Å². The Bertz CT molecular complexity index is 1170. The molecule has 118 valence electrons. The summed E-state index contributed by atoms with van der Waals surface area (Å²) < 4.78 is 5.05. The van der Waals surface area contributed by atoms with Crippen LogP contribution in [0.15, 0.2) is 62.5 Å². The lowest BCUT2D eigenvalue weighted by Crippen LogP contribution is -2.12. The van der Waals surface area contributed by atoms with Gasteiger partial charge in [0.25, 0.3) is 0 Å². The van der Waals surface area contributed by atoms with Crippen LogP contribution in [-0.4, -0.2) is 15.0 Å². The number of H-pyrrole nitrogens is 2. The van der Waals surface area contributed by atoms with Crippen molar-refractivity contribution in [1.82, 2.24) is 15.0 Å². The van der Waals surface area contributed by atoms with Gasteiger partial charge in [0.05, 0.1) is 16.9 Å². The van der Waals surface area contributed by atoms with Crippen molar-refractivity contribution in [3.63, 3.8) is 0 Å². The van der Waals surface area contributed by atoms with E-state index in [1.807, 2.05) is 18.2 Å². The zero-order valence-corrected chi connectivity index (χ0v) is 12.9. The molecule has 0 saturated carbocycles. The number of benzene rings is 2. The van der Waals surface area contributed by atoms with Crippen LogP contribution < -0.4 is 11.4 Å². The van der Waals surface area contributed by atoms with Gasteiger partial charge in [-0.15, -0.1) is 0 Å². The summed E-state index contributed by atoms with van der Waals surface area (Å²) in [4.78, 5) is 32.4. The summed E-state index contributed by atoms with van der Waals surface area (Å²) in [6.07, 6.45) is 0. The van der Waals surface area contributed by atoms with E-state index in [-0.39, 0.29) is 0 Å². The zero-order valence-electron chi connectivity index (χ0n) is 12.2. The molecule has 2 heterocycles. The third kappa shape index (κ3) is 2.53. The number of rotatable bonds is 2. The lowest BCUT2D eigenvalue weighted by Gasteiger charge is -2.06. The smallest absolute Gasteiger partial charge is 0.408 e. The maximum absolute atomic E-state index is 11.9. The first kappa shape index (κ1) is 14.5. The van der Waals surface area contributed by atoms with E-state index >= 15 is 0 Å². The first-order valence-electron chi connectivity index (χ1n) is 7.10. The second-order valence-electron chi connectivity index (χ2n) is 5.19. The van der Waals surface area contributed by atoms with E-state index in [1.165, 1.54) is 0 Å². The Kier molecular flexibility index (Phi) is 3.32. The van der Waals surface area contributed by atoms with E-state index in [2.05, 4.69) is 15.0 Å². The van der Waals surface area contributed by atoms with Crippen molar-refractivity contribution >= 4 is 22.7 Å². The van der Waals surface area contributed by atoms with Crippen molar-refractivity contribution in [3.8, 4) is 22.5 Å². The van der Waals surface area contributed by atoms with E-state index in [0.717, 1.165) is 0 Å². The number of fused-ring (bicyclic) bond motifs is 1.